The molecule has 0 spiro atoms. The molecule has 16 heavy (non-hydrogen) atoms. The zero-order valence-corrected chi connectivity index (χ0v) is 11.1. The Labute approximate surface area is 97.7 Å². The van der Waals surface area contributed by atoms with Crippen LogP contribution in [-0.2, 0) is 9.53 Å². The van der Waals surface area contributed by atoms with Gasteiger partial charge in [-0.1, -0.05) is 13.8 Å². The SMILES string of the molecule is CC(CC(=O)C(C)C)NC(=O)OC(C)(C)C. The van der Waals surface area contributed by atoms with Crippen molar-refractivity contribution in [1.29, 1.82) is 0 Å². The molecule has 1 N–H and O–H groups in total. The molecular formula is C12H23NO3. The van der Waals surface area contributed by atoms with E-state index in [4.69, 9.17) is 4.74 Å². The maximum absolute atomic E-state index is 11.4. The normalized spacial score (nSPS) is 13.4. The number of ketones is 1. The van der Waals surface area contributed by atoms with E-state index in [-0.39, 0.29) is 17.7 Å². The molecule has 1 unspecified atom stereocenters. The molecule has 1 atom stereocenters. The smallest absolute Gasteiger partial charge is 0.407 e. The Balaban J connectivity index is 4.01. The Morgan fingerprint density at radius 2 is 1.69 bits per heavy atom. The van der Waals surface area contributed by atoms with Crippen LogP contribution in [0.25, 0.3) is 0 Å². The fourth-order valence-corrected chi connectivity index (χ4v) is 1.10. The van der Waals surface area contributed by atoms with Gasteiger partial charge in [0.05, 0.1) is 0 Å². The van der Waals surface area contributed by atoms with Gasteiger partial charge in [0.25, 0.3) is 0 Å². The molecule has 4 nitrogen and oxygen atoms in total. The van der Waals surface area contributed by atoms with Crippen LogP contribution >= 0.6 is 0 Å². The molecule has 0 saturated carbocycles. The summed E-state index contributed by atoms with van der Waals surface area (Å²) in [5.41, 5.74) is -0.508. The van der Waals surface area contributed by atoms with Crippen molar-refractivity contribution in [3.63, 3.8) is 0 Å². The largest absolute Gasteiger partial charge is 0.444 e. The molecule has 0 fully saturated rings. The molecule has 0 rings (SSSR count). The quantitative estimate of drug-likeness (QED) is 0.805. The van der Waals surface area contributed by atoms with E-state index in [0.717, 1.165) is 0 Å². The van der Waals surface area contributed by atoms with Crippen molar-refractivity contribution in [2.75, 3.05) is 0 Å². The lowest BCUT2D eigenvalue weighted by atomic mass is 10.0. The second-order valence-electron chi connectivity index (χ2n) is 5.37. The summed E-state index contributed by atoms with van der Waals surface area (Å²) < 4.78 is 5.09. The van der Waals surface area contributed by atoms with Crippen molar-refractivity contribution in [3.05, 3.63) is 0 Å². The summed E-state index contributed by atoms with van der Waals surface area (Å²) in [5, 5.41) is 2.64. The predicted molar refractivity (Wildman–Crippen MR) is 63.3 cm³/mol. The lowest BCUT2D eigenvalue weighted by Crippen LogP contribution is -2.39. The van der Waals surface area contributed by atoms with Crippen molar-refractivity contribution in [2.45, 2.75) is 59.6 Å². The lowest BCUT2D eigenvalue weighted by Gasteiger charge is -2.22. The molecule has 94 valence electrons. The number of nitrogens with one attached hydrogen (secondary N) is 1. The van der Waals surface area contributed by atoms with E-state index < -0.39 is 11.7 Å². The number of rotatable bonds is 4. The predicted octanol–water partition coefficient (Wildman–Crippen LogP) is 2.51. The standard InChI is InChI=1S/C12H23NO3/c1-8(2)10(14)7-9(3)13-11(15)16-12(4,5)6/h8-9H,7H2,1-6H3,(H,13,15). The topological polar surface area (TPSA) is 55.4 Å². The molecule has 0 aliphatic rings. The minimum absolute atomic E-state index is 0.00267. The van der Waals surface area contributed by atoms with Gasteiger partial charge in [-0.15, -0.1) is 0 Å². The van der Waals surface area contributed by atoms with Crippen molar-refractivity contribution < 1.29 is 14.3 Å². The Morgan fingerprint density at radius 1 is 1.19 bits per heavy atom. The van der Waals surface area contributed by atoms with Crippen LogP contribution in [0.5, 0.6) is 0 Å². The first-order valence-corrected chi connectivity index (χ1v) is 5.64. The van der Waals surface area contributed by atoms with Gasteiger partial charge < -0.3 is 10.1 Å². The first kappa shape index (κ1) is 14.9. The summed E-state index contributed by atoms with van der Waals surface area (Å²) in [6, 6.07) is -0.190. The average molecular weight is 229 g/mol. The molecule has 0 aliphatic heterocycles. The van der Waals surface area contributed by atoms with Crippen molar-refractivity contribution >= 4 is 11.9 Å². The van der Waals surface area contributed by atoms with Crippen molar-refractivity contribution in [1.82, 2.24) is 5.32 Å². The molecule has 0 aromatic heterocycles. The molecule has 0 aliphatic carbocycles. The summed E-state index contributed by atoms with van der Waals surface area (Å²) in [6.45, 7) is 10.9. The van der Waals surface area contributed by atoms with Crippen molar-refractivity contribution in [2.24, 2.45) is 5.92 Å². The van der Waals surface area contributed by atoms with Gasteiger partial charge in [0.2, 0.25) is 0 Å². The number of hydrogen-bond donors (Lipinski definition) is 1. The minimum atomic E-state index is -0.508. The van der Waals surface area contributed by atoms with Gasteiger partial charge in [0.1, 0.15) is 11.4 Å². The van der Waals surface area contributed by atoms with Crippen LogP contribution < -0.4 is 5.32 Å². The monoisotopic (exact) mass is 229 g/mol. The molecule has 0 bridgehead atoms. The number of carbonyl (C=O) groups is 2. The highest BCUT2D eigenvalue weighted by molar-refractivity contribution is 5.81. The number of alkyl carbamates (subject to hydrolysis) is 1. The van der Waals surface area contributed by atoms with Crippen molar-refractivity contribution in [3.8, 4) is 0 Å². The molecule has 0 saturated heterocycles. The van der Waals surface area contributed by atoms with E-state index in [0.29, 0.717) is 6.42 Å². The van der Waals surface area contributed by atoms with Crippen LogP contribution in [0, 0.1) is 5.92 Å². The maximum Gasteiger partial charge on any atom is 0.407 e. The van der Waals surface area contributed by atoms with Gasteiger partial charge >= 0.3 is 6.09 Å². The molecule has 1 amide bonds. The average Bonchev–Trinajstić information content (AvgIpc) is 1.98. The van der Waals surface area contributed by atoms with E-state index in [1.807, 2.05) is 13.8 Å². The van der Waals surface area contributed by atoms with E-state index in [2.05, 4.69) is 5.32 Å². The zero-order chi connectivity index (χ0) is 12.9. The summed E-state index contributed by atoms with van der Waals surface area (Å²) in [4.78, 5) is 22.8. The zero-order valence-electron chi connectivity index (χ0n) is 11.1. The molecule has 4 heteroatoms. The van der Waals surface area contributed by atoms with E-state index in [1.54, 1.807) is 27.7 Å². The summed E-state index contributed by atoms with van der Waals surface area (Å²) >= 11 is 0. The first-order valence-electron chi connectivity index (χ1n) is 5.64. The van der Waals surface area contributed by atoms with Gasteiger partial charge in [-0.05, 0) is 27.7 Å². The fourth-order valence-electron chi connectivity index (χ4n) is 1.10. The number of ether oxygens (including phenoxy) is 1. The summed E-state index contributed by atoms with van der Waals surface area (Å²) in [5.74, 6) is 0.145. The van der Waals surface area contributed by atoms with Crippen LogP contribution in [-0.4, -0.2) is 23.5 Å². The third kappa shape index (κ3) is 7.26. The minimum Gasteiger partial charge on any atom is -0.444 e. The van der Waals surface area contributed by atoms with Crippen LogP contribution in [0.1, 0.15) is 48.0 Å². The lowest BCUT2D eigenvalue weighted by molar-refractivity contribution is -0.122. The Morgan fingerprint density at radius 3 is 2.06 bits per heavy atom. The molecular weight excluding hydrogens is 206 g/mol. The summed E-state index contributed by atoms with van der Waals surface area (Å²) in [6.07, 6.45) is -0.131. The number of Topliss-reactive ketones (excluding diaryl/α,β-unsaturated/α-hetero) is 1. The van der Waals surface area contributed by atoms with Crippen LogP contribution in [0.15, 0.2) is 0 Å². The highest BCUT2D eigenvalue weighted by Gasteiger charge is 2.19. The van der Waals surface area contributed by atoms with Gasteiger partial charge in [0.15, 0.2) is 0 Å². The second-order valence-corrected chi connectivity index (χ2v) is 5.37. The van der Waals surface area contributed by atoms with Crippen LogP contribution in [0.2, 0.25) is 0 Å². The van der Waals surface area contributed by atoms with Crippen LogP contribution in [0.3, 0.4) is 0 Å². The third-order valence-electron chi connectivity index (χ3n) is 1.91. The van der Waals surface area contributed by atoms with Gasteiger partial charge in [0, 0.05) is 18.4 Å². The summed E-state index contributed by atoms with van der Waals surface area (Å²) in [7, 11) is 0. The maximum atomic E-state index is 11.4. The Kier molecular flexibility index (Phi) is 5.48. The number of amides is 1. The highest BCUT2D eigenvalue weighted by Crippen LogP contribution is 2.08. The number of carbonyl (C=O) groups excluding carboxylic acids is 2. The first-order chi connectivity index (χ1) is 7.11. The Hall–Kier alpha value is -1.06. The van der Waals surface area contributed by atoms with E-state index in [1.165, 1.54) is 0 Å². The van der Waals surface area contributed by atoms with E-state index >= 15 is 0 Å². The van der Waals surface area contributed by atoms with Gasteiger partial charge in [-0.2, -0.15) is 0 Å². The van der Waals surface area contributed by atoms with Gasteiger partial charge in [-0.25, -0.2) is 4.79 Å². The van der Waals surface area contributed by atoms with Crippen LogP contribution in [0.4, 0.5) is 4.79 Å². The fraction of sp³-hybridized carbons (Fsp3) is 0.833. The highest BCUT2D eigenvalue weighted by atomic mass is 16.6. The molecule has 0 aromatic carbocycles. The molecule has 0 radical (unpaired) electrons. The third-order valence-corrected chi connectivity index (χ3v) is 1.91. The van der Waals surface area contributed by atoms with Gasteiger partial charge in [-0.3, -0.25) is 4.79 Å². The number of hydrogen-bond acceptors (Lipinski definition) is 3. The van der Waals surface area contributed by atoms with E-state index in [9.17, 15) is 9.59 Å². The molecule has 0 heterocycles. The molecule has 0 aromatic rings. The Bertz CT molecular complexity index is 253. The second kappa shape index (κ2) is 5.87.